The second-order valence-electron chi connectivity index (χ2n) is 7.45. The van der Waals surface area contributed by atoms with Crippen molar-refractivity contribution in [2.45, 2.75) is 25.2 Å². The van der Waals surface area contributed by atoms with E-state index in [1.807, 2.05) is 44.2 Å². The Kier molecular flexibility index (Phi) is 5.52. The smallest absolute Gasteiger partial charge is 0.308 e. The van der Waals surface area contributed by atoms with Crippen molar-refractivity contribution in [3.8, 4) is 0 Å². The van der Waals surface area contributed by atoms with Crippen molar-refractivity contribution in [3.05, 3.63) is 89.5 Å². The molecule has 0 radical (unpaired) electrons. The lowest BCUT2D eigenvalue weighted by Crippen LogP contribution is -2.19. The number of aryl methyl sites for hydroxylation is 1. The maximum atomic E-state index is 12.9. The van der Waals surface area contributed by atoms with E-state index in [1.165, 1.54) is 12.1 Å². The number of fused-ring (bicyclic) bond motifs is 1. The van der Waals surface area contributed by atoms with Gasteiger partial charge in [0.15, 0.2) is 0 Å². The second-order valence-corrected chi connectivity index (χ2v) is 9.13. The first-order valence-corrected chi connectivity index (χ1v) is 11.4. The van der Waals surface area contributed by atoms with Gasteiger partial charge in [0.05, 0.1) is 10.6 Å². The highest BCUT2D eigenvalue weighted by molar-refractivity contribution is 7.92. The number of urea groups is 1. The fraction of sp³-hybridized carbons (Fsp3) is 0.125. The van der Waals surface area contributed by atoms with E-state index in [9.17, 15) is 13.2 Å². The van der Waals surface area contributed by atoms with Gasteiger partial charge in [0.2, 0.25) is 0 Å². The summed E-state index contributed by atoms with van der Waals surface area (Å²) in [5.74, 6) is 0. The van der Waals surface area contributed by atoms with Crippen LogP contribution in [0.4, 0.5) is 21.9 Å². The number of carbonyl (C=O) groups excluding carboxylic acids is 1. The SMILES string of the molecule is CC1=CCc2c(NS(=O)(=O)c3ccc(NC(=O)Nc4ccccc4)cc3)ccc(C)c21. The number of carbonyl (C=O) groups is 1. The van der Waals surface area contributed by atoms with Crippen LogP contribution in [0.5, 0.6) is 0 Å². The van der Waals surface area contributed by atoms with Crippen LogP contribution in [0.1, 0.15) is 23.6 Å². The predicted molar refractivity (Wildman–Crippen MR) is 125 cm³/mol. The largest absolute Gasteiger partial charge is 0.323 e. The fourth-order valence-corrected chi connectivity index (χ4v) is 4.81. The molecule has 0 atom stereocenters. The van der Waals surface area contributed by atoms with Crippen LogP contribution in [0.3, 0.4) is 0 Å². The minimum atomic E-state index is -3.76. The molecular formula is C24H23N3O3S. The first-order chi connectivity index (χ1) is 14.8. The zero-order valence-electron chi connectivity index (χ0n) is 17.3. The third-order valence-electron chi connectivity index (χ3n) is 5.23. The first kappa shape index (κ1) is 20.7. The summed E-state index contributed by atoms with van der Waals surface area (Å²) in [5.41, 5.74) is 6.16. The highest BCUT2D eigenvalue weighted by Crippen LogP contribution is 2.35. The normalized spacial score (nSPS) is 12.6. The number of hydrogen-bond acceptors (Lipinski definition) is 3. The lowest BCUT2D eigenvalue weighted by Gasteiger charge is -2.15. The number of hydrogen-bond donors (Lipinski definition) is 3. The summed E-state index contributed by atoms with van der Waals surface area (Å²) in [5, 5.41) is 5.41. The lowest BCUT2D eigenvalue weighted by molar-refractivity contribution is 0.262. The number of nitrogens with one attached hydrogen (secondary N) is 3. The Morgan fingerprint density at radius 1 is 0.839 bits per heavy atom. The molecule has 7 heteroatoms. The average molecular weight is 434 g/mol. The van der Waals surface area contributed by atoms with Crippen LogP contribution in [-0.2, 0) is 16.4 Å². The van der Waals surface area contributed by atoms with Crippen molar-refractivity contribution in [2.24, 2.45) is 0 Å². The van der Waals surface area contributed by atoms with Crippen LogP contribution in [0, 0.1) is 6.92 Å². The molecule has 0 unspecified atom stereocenters. The van der Waals surface area contributed by atoms with E-state index in [0.717, 1.165) is 22.3 Å². The zero-order chi connectivity index (χ0) is 22.0. The van der Waals surface area contributed by atoms with Crippen LogP contribution < -0.4 is 15.4 Å². The molecule has 4 rings (SSSR count). The van der Waals surface area contributed by atoms with Crippen molar-refractivity contribution >= 4 is 38.7 Å². The molecule has 0 aromatic heterocycles. The van der Waals surface area contributed by atoms with Crippen LogP contribution in [0.25, 0.3) is 5.57 Å². The number of amides is 2. The molecule has 2 amide bonds. The van der Waals surface area contributed by atoms with Gasteiger partial charge in [0, 0.05) is 11.4 Å². The molecule has 1 aliphatic rings. The molecule has 0 saturated carbocycles. The van der Waals surface area contributed by atoms with Crippen LogP contribution >= 0.6 is 0 Å². The molecule has 158 valence electrons. The molecule has 6 nitrogen and oxygen atoms in total. The lowest BCUT2D eigenvalue weighted by atomic mass is 9.99. The van der Waals surface area contributed by atoms with Crippen molar-refractivity contribution in [2.75, 3.05) is 15.4 Å². The molecule has 31 heavy (non-hydrogen) atoms. The third kappa shape index (κ3) is 4.46. The van der Waals surface area contributed by atoms with Crippen molar-refractivity contribution in [1.29, 1.82) is 0 Å². The van der Waals surface area contributed by atoms with Crippen molar-refractivity contribution < 1.29 is 13.2 Å². The van der Waals surface area contributed by atoms with Gasteiger partial charge >= 0.3 is 6.03 Å². The Bertz CT molecular complexity index is 1270. The van der Waals surface area contributed by atoms with Gasteiger partial charge in [-0.25, -0.2) is 13.2 Å². The number of para-hydroxylation sites is 1. The summed E-state index contributed by atoms with van der Waals surface area (Å²) in [6.45, 7) is 4.07. The number of rotatable bonds is 5. The first-order valence-electron chi connectivity index (χ1n) is 9.89. The summed E-state index contributed by atoms with van der Waals surface area (Å²) in [4.78, 5) is 12.2. The summed E-state index contributed by atoms with van der Waals surface area (Å²) in [6.07, 6.45) is 2.82. The highest BCUT2D eigenvalue weighted by Gasteiger charge is 2.21. The molecule has 0 heterocycles. The van der Waals surface area contributed by atoms with Gasteiger partial charge in [0.1, 0.15) is 0 Å². The van der Waals surface area contributed by atoms with E-state index in [-0.39, 0.29) is 4.90 Å². The predicted octanol–water partition coefficient (Wildman–Crippen LogP) is 5.40. The Morgan fingerprint density at radius 2 is 1.48 bits per heavy atom. The van der Waals surface area contributed by atoms with Crippen LogP contribution in [0.15, 0.2) is 77.7 Å². The monoisotopic (exact) mass is 433 g/mol. The average Bonchev–Trinajstić information content (AvgIpc) is 3.14. The molecule has 0 aliphatic heterocycles. The summed E-state index contributed by atoms with van der Waals surface area (Å²) >= 11 is 0. The van der Waals surface area contributed by atoms with Crippen LogP contribution in [-0.4, -0.2) is 14.4 Å². The Labute approximate surface area is 182 Å². The third-order valence-corrected chi connectivity index (χ3v) is 6.61. The van der Waals surface area contributed by atoms with Gasteiger partial charge in [-0.05, 0) is 85.0 Å². The van der Waals surface area contributed by atoms with E-state index < -0.39 is 16.1 Å². The highest BCUT2D eigenvalue weighted by atomic mass is 32.2. The van der Waals surface area contributed by atoms with Gasteiger partial charge in [0.25, 0.3) is 10.0 Å². The number of benzene rings is 3. The fourth-order valence-electron chi connectivity index (χ4n) is 3.71. The Hall–Kier alpha value is -3.58. The molecule has 3 aromatic rings. The van der Waals surface area contributed by atoms with E-state index >= 15 is 0 Å². The van der Waals surface area contributed by atoms with E-state index in [0.29, 0.717) is 23.5 Å². The quantitative estimate of drug-likeness (QED) is 0.503. The van der Waals surface area contributed by atoms with E-state index in [2.05, 4.69) is 21.4 Å². The van der Waals surface area contributed by atoms with Gasteiger partial charge in [-0.1, -0.05) is 30.3 Å². The van der Waals surface area contributed by atoms with Gasteiger partial charge in [-0.2, -0.15) is 0 Å². The zero-order valence-corrected chi connectivity index (χ0v) is 18.1. The Morgan fingerprint density at radius 3 is 2.16 bits per heavy atom. The molecular weight excluding hydrogens is 410 g/mol. The van der Waals surface area contributed by atoms with Crippen molar-refractivity contribution in [1.82, 2.24) is 0 Å². The number of sulfonamides is 1. The van der Waals surface area contributed by atoms with Gasteiger partial charge < -0.3 is 10.6 Å². The van der Waals surface area contributed by atoms with E-state index in [4.69, 9.17) is 0 Å². The second kappa shape index (κ2) is 8.28. The number of anilines is 3. The van der Waals surface area contributed by atoms with Gasteiger partial charge in [-0.3, -0.25) is 4.72 Å². The molecule has 3 N–H and O–H groups in total. The minimum absolute atomic E-state index is 0.124. The molecule has 0 saturated heterocycles. The summed E-state index contributed by atoms with van der Waals surface area (Å²) < 4.78 is 28.5. The number of allylic oxidation sites excluding steroid dienone is 2. The van der Waals surface area contributed by atoms with E-state index in [1.54, 1.807) is 24.3 Å². The van der Waals surface area contributed by atoms with Crippen LogP contribution in [0.2, 0.25) is 0 Å². The summed E-state index contributed by atoms with van der Waals surface area (Å²) in [7, 11) is -3.76. The molecule has 0 spiro atoms. The van der Waals surface area contributed by atoms with Crippen molar-refractivity contribution in [3.63, 3.8) is 0 Å². The standard InChI is InChI=1S/C24H23N3O3S/c1-16-8-14-21-22(15-9-17(2)23(16)21)27-31(29,30)20-12-10-19(11-13-20)26-24(28)25-18-6-4-3-5-7-18/h3-13,15,27H,14H2,1-2H3,(H2,25,26,28). The maximum absolute atomic E-state index is 12.9. The Balaban J connectivity index is 1.47. The minimum Gasteiger partial charge on any atom is -0.308 e. The molecule has 3 aromatic carbocycles. The topological polar surface area (TPSA) is 87.3 Å². The molecule has 0 fully saturated rings. The molecule has 1 aliphatic carbocycles. The van der Waals surface area contributed by atoms with Gasteiger partial charge in [-0.15, -0.1) is 0 Å². The molecule has 0 bridgehead atoms. The maximum Gasteiger partial charge on any atom is 0.323 e. The summed E-state index contributed by atoms with van der Waals surface area (Å²) in [6, 6.07) is 18.5.